The Morgan fingerprint density at radius 3 is 2.37 bits per heavy atom. The number of piperidine rings is 1. The van der Waals surface area contributed by atoms with Gasteiger partial charge in [0.05, 0.1) is 0 Å². The van der Waals surface area contributed by atoms with Gasteiger partial charge in [-0.05, 0) is 18.3 Å². The molecule has 0 bridgehead atoms. The van der Waals surface area contributed by atoms with Crippen LogP contribution < -0.4 is 5.32 Å². The molecule has 0 aromatic heterocycles. The Balaban J connectivity index is 2.43. The minimum Gasteiger partial charge on any atom is -0.356 e. The van der Waals surface area contributed by atoms with Gasteiger partial charge in [-0.15, -0.1) is 0 Å². The number of amides is 1. The first-order chi connectivity index (χ1) is 8.93. The number of nitrogens with zero attached hydrogens (tertiary/aromatic N) is 3. The van der Waals surface area contributed by atoms with Gasteiger partial charge in [0.25, 0.3) is 0 Å². The van der Waals surface area contributed by atoms with Gasteiger partial charge in [-0.25, -0.2) is 0 Å². The monoisotopic (exact) mass is 268 g/mol. The number of rotatable bonds is 3. The van der Waals surface area contributed by atoms with Crippen LogP contribution in [0.1, 0.15) is 26.7 Å². The van der Waals surface area contributed by atoms with Gasteiger partial charge in [0, 0.05) is 47.2 Å². The van der Waals surface area contributed by atoms with E-state index in [1.807, 2.05) is 0 Å². The van der Waals surface area contributed by atoms with Crippen molar-refractivity contribution in [2.45, 2.75) is 26.7 Å². The Hall–Kier alpha value is -1.26. The average Bonchev–Trinajstić information content (AvgIpc) is 2.32. The van der Waals surface area contributed by atoms with Crippen LogP contribution in [0.15, 0.2) is 4.99 Å². The Labute approximate surface area is 117 Å². The first-order valence-corrected chi connectivity index (χ1v) is 7.09. The molecular weight excluding hydrogens is 240 g/mol. The first kappa shape index (κ1) is 15.8. The standard InChI is InChI=1S/C14H28N4O/c1-11-8-12(2)10-18(9-11)14(15-3)16-7-6-13(19)17(4)5/h11-12H,6-10H2,1-5H3,(H,15,16). The topological polar surface area (TPSA) is 47.9 Å². The number of carbonyl (C=O) groups is 1. The van der Waals surface area contributed by atoms with Crippen LogP contribution in [-0.2, 0) is 4.79 Å². The molecule has 1 N–H and O–H groups in total. The molecule has 1 aliphatic heterocycles. The Morgan fingerprint density at radius 1 is 1.32 bits per heavy atom. The molecule has 1 saturated heterocycles. The Bertz CT molecular complexity index is 317. The summed E-state index contributed by atoms with van der Waals surface area (Å²) in [6, 6.07) is 0. The van der Waals surface area contributed by atoms with Gasteiger partial charge in [-0.2, -0.15) is 0 Å². The van der Waals surface area contributed by atoms with Crippen molar-refractivity contribution in [1.82, 2.24) is 15.1 Å². The predicted molar refractivity (Wildman–Crippen MR) is 79.2 cm³/mol. The minimum atomic E-state index is 0.142. The van der Waals surface area contributed by atoms with Crippen LogP contribution in [0, 0.1) is 11.8 Å². The van der Waals surface area contributed by atoms with Crippen molar-refractivity contribution in [3.8, 4) is 0 Å². The van der Waals surface area contributed by atoms with E-state index in [-0.39, 0.29) is 5.91 Å². The van der Waals surface area contributed by atoms with Gasteiger partial charge in [-0.3, -0.25) is 9.79 Å². The summed E-state index contributed by atoms with van der Waals surface area (Å²) in [7, 11) is 5.37. The highest BCUT2D eigenvalue weighted by Gasteiger charge is 2.23. The van der Waals surface area contributed by atoms with E-state index in [2.05, 4.69) is 29.1 Å². The van der Waals surface area contributed by atoms with E-state index >= 15 is 0 Å². The summed E-state index contributed by atoms with van der Waals surface area (Å²) in [6.07, 6.45) is 1.79. The fraction of sp³-hybridized carbons (Fsp3) is 0.857. The van der Waals surface area contributed by atoms with Gasteiger partial charge in [0.15, 0.2) is 5.96 Å². The fourth-order valence-corrected chi connectivity index (χ4v) is 2.67. The van der Waals surface area contributed by atoms with Crippen LogP contribution in [0.4, 0.5) is 0 Å². The molecule has 0 aromatic rings. The molecule has 19 heavy (non-hydrogen) atoms. The number of likely N-dealkylation sites (tertiary alicyclic amines) is 1. The van der Waals surface area contributed by atoms with Crippen molar-refractivity contribution in [3.63, 3.8) is 0 Å². The molecule has 2 atom stereocenters. The lowest BCUT2D eigenvalue weighted by molar-refractivity contribution is -0.128. The molecule has 0 aliphatic carbocycles. The van der Waals surface area contributed by atoms with E-state index in [0.29, 0.717) is 24.8 Å². The predicted octanol–water partition coefficient (Wildman–Crippen LogP) is 1.02. The van der Waals surface area contributed by atoms with Crippen molar-refractivity contribution in [3.05, 3.63) is 0 Å². The van der Waals surface area contributed by atoms with Crippen molar-refractivity contribution in [1.29, 1.82) is 0 Å². The molecule has 0 spiro atoms. The molecule has 0 saturated carbocycles. The van der Waals surface area contributed by atoms with Crippen molar-refractivity contribution in [2.75, 3.05) is 40.8 Å². The highest BCUT2D eigenvalue weighted by Crippen LogP contribution is 2.20. The second kappa shape index (κ2) is 7.36. The van der Waals surface area contributed by atoms with E-state index in [4.69, 9.17) is 0 Å². The quantitative estimate of drug-likeness (QED) is 0.614. The summed E-state index contributed by atoms with van der Waals surface area (Å²) in [4.78, 5) is 19.8. The molecule has 1 rings (SSSR count). The summed E-state index contributed by atoms with van der Waals surface area (Å²) in [5, 5.41) is 3.29. The number of guanidine groups is 1. The van der Waals surface area contributed by atoms with Crippen LogP contribution in [-0.4, -0.2) is 62.4 Å². The normalized spacial score (nSPS) is 24.3. The van der Waals surface area contributed by atoms with E-state index in [1.165, 1.54) is 6.42 Å². The van der Waals surface area contributed by atoms with E-state index in [0.717, 1.165) is 19.0 Å². The van der Waals surface area contributed by atoms with Gasteiger partial charge in [-0.1, -0.05) is 13.8 Å². The summed E-state index contributed by atoms with van der Waals surface area (Å²) in [6.45, 7) is 7.30. The maximum Gasteiger partial charge on any atom is 0.223 e. The fourth-order valence-electron chi connectivity index (χ4n) is 2.67. The smallest absolute Gasteiger partial charge is 0.223 e. The maximum atomic E-state index is 11.5. The molecule has 5 heteroatoms. The zero-order valence-corrected chi connectivity index (χ0v) is 12.9. The molecule has 1 aliphatic rings. The number of hydrogen-bond acceptors (Lipinski definition) is 2. The second-order valence-electron chi connectivity index (χ2n) is 5.86. The highest BCUT2D eigenvalue weighted by molar-refractivity contribution is 5.81. The number of carbonyl (C=O) groups excluding carboxylic acids is 1. The molecule has 110 valence electrons. The van der Waals surface area contributed by atoms with Crippen molar-refractivity contribution in [2.24, 2.45) is 16.8 Å². The zero-order valence-electron chi connectivity index (χ0n) is 12.9. The minimum absolute atomic E-state index is 0.142. The van der Waals surface area contributed by atoms with Gasteiger partial charge < -0.3 is 15.1 Å². The molecule has 2 unspecified atom stereocenters. The first-order valence-electron chi connectivity index (χ1n) is 7.09. The van der Waals surface area contributed by atoms with Crippen LogP contribution in [0.25, 0.3) is 0 Å². The maximum absolute atomic E-state index is 11.5. The van der Waals surface area contributed by atoms with Gasteiger partial charge in [0.2, 0.25) is 5.91 Å². The molecule has 1 fully saturated rings. The molecule has 1 amide bonds. The van der Waals surface area contributed by atoms with Crippen molar-refractivity contribution >= 4 is 11.9 Å². The summed E-state index contributed by atoms with van der Waals surface area (Å²) in [5.41, 5.74) is 0. The van der Waals surface area contributed by atoms with Gasteiger partial charge in [0.1, 0.15) is 0 Å². The highest BCUT2D eigenvalue weighted by atomic mass is 16.2. The number of hydrogen-bond donors (Lipinski definition) is 1. The Morgan fingerprint density at radius 2 is 1.89 bits per heavy atom. The molecule has 5 nitrogen and oxygen atoms in total. The molecule has 0 radical (unpaired) electrons. The van der Waals surface area contributed by atoms with Crippen LogP contribution >= 0.6 is 0 Å². The second-order valence-corrected chi connectivity index (χ2v) is 5.86. The van der Waals surface area contributed by atoms with E-state index in [9.17, 15) is 4.79 Å². The van der Waals surface area contributed by atoms with Crippen LogP contribution in [0.2, 0.25) is 0 Å². The Kier molecular flexibility index (Phi) is 6.12. The number of aliphatic imine (C=N–C) groups is 1. The SMILES string of the molecule is CN=C(NCCC(=O)N(C)C)N1CC(C)CC(C)C1. The van der Waals surface area contributed by atoms with Crippen LogP contribution in [0.3, 0.4) is 0 Å². The third-order valence-corrected chi connectivity index (χ3v) is 3.50. The third kappa shape index (κ3) is 5.09. The summed E-state index contributed by atoms with van der Waals surface area (Å²) in [5.74, 6) is 2.46. The lowest BCUT2D eigenvalue weighted by atomic mass is 9.92. The molecular formula is C14H28N4O. The van der Waals surface area contributed by atoms with Gasteiger partial charge >= 0.3 is 0 Å². The largest absolute Gasteiger partial charge is 0.356 e. The van der Waals surface area contributed by atoms with E-state index in [1.54, 1.807) is 26.0 Å². The lowest BCUT2D eigenvalue weighted by Gasteiger charge is -2.37. The summed E-state index contributed by atoms with van der Waals surface area (Å²) < 4.78 is 0. The number of nitrogens with one attached hydrogen (secondary N) is 1. The third-order valence-electron chi connectivity index (χ3n) is 3.50. The zero-order chi connectivity index (χ0) is 14.4. The molecule has 1 heterocycles. The van der Waals surface area contributed by atoms with E-state index < -0.39 is 0 Å². The molecule has 0 aromatic carbocycles. The summed E-state index contributed by atoms with van der Waals surface area (Å²) >= 11 is 0. The average molecular weight is 268 g/mol. The van der Waals surface area contributed by atoms with Crippen molar-refractivity contribution < 1.29 is 4.79 Å². The lowest BCUT2D eigenvalue weighted by Crippen LogP contribution is -2.49. The van der Waals surface area contributed by atoms with Crippen LogP contribution in [0.5, 0.6) is 0 Å².